The van der Waals surface area contributed by atoms with E-state index in [1.54, 1.807) is 0 Å². The van der Waals surface area contributed by atoms with Crippen LogP contribution in [0.15, 0.2) is 109 Å². The van der Waals surface area contributed by atoms with E-state index in [0.717, 1.165) is 63.5 Å². The molecule has 0 radical (unpaired) electrons. The Hall–Kier alpha value is -3.91. The van der Waals surface area contributed by atoms with Gasteiger partial charge in [-0.2, -0.15) is 0 Å². The first-order valence-electron chi connectivity index (χ1n) is 18.4. The van der Waals surface area contributed by atoms with Crippen molar-refractivity contribution in [2.75, 3.05) is 21.6 Å². The first-order chi connectivity index (χ1) is 27.1. The summed E-state index contributed by atoms with van der Waals surface area (Å²) >= 11 is 18.1. The molecule has 2 aromatic heterocycles. The number of carbonyl (C=O) groups excluding carboxylic acids is 3. The highest BCUT2D eigenvalue weighted by Gasteiger charge is 2.36. The minimum Gasteiger partial charge on any atom is -0.342 e. The van der Waals surface area contributed by atoms with Gasteiger partial charge in [-0.15, -0.1) is 23.2 Å². The maximum Gasteiger partial charge on any atom is 0.258 e. The van der Waals surface area contributed by atoms with E-state index in [1.165, 1.54) is 0 Å². The summed E-state index contributed by atoms with van der Waals surface area (Å²) in [5.74, 6) is -1.42. The van der Waals surface area contributed by atoms with E-state index in [-0.39, 0.29) is 29.4 Å². The summed E-state index contributed by atoms with van der Waals surface area (Å²) in [5, 5.41) is 0. The smallest absolute Gasteiger partial charge is 0.258 e. The van der Waals surface area contributed by atoms with Crippen LogP contribution in [-0.4, -0.2) is 38.5 Å². The summed E-state index contributed by atoms with van der Waals surface area (Å²) in [6, 6.07) is 35.4. The molecular formula is C45H38Cl2I2N4O3. The zero-order valence-electron chi connectivity index (χ0n) is 30.8. The average molecular weight is 1010 g/mol. The fourth-order valence-electron chi connectivity index (χ4n) is 8.05. The molecule has 0 saturated carbocycles. The summed E-state index contributed by atoms with van der Waals surface area (Å²) in [6.07, 6.45) is 0. The molecule has 284 valence electrons. The van der Waals surface area contributed by atoms with Crippen LogP contribution in [0.25, 0.3) is 0 Å². The Kier molecular flexibility index (Phi) is 11.2. The van der Waals surface area contributed by atoms with Crippen molar-refractivity contribution in [1.82, 2.24) is 9.13 Å². The van der Waals surface area contributed by atoms with E-state index >= 15 is 0 Å². The van der Waals surface area contributed by atoms with Crippen molar-refractivity contribution in [3.05, 3.63) is 172 Å². The second kappa shape index (κ2) is 16.2. The van der Waals surface area contributed by atoms with Gasteiger partial charge in [0, 0.05) is 77.3 Å². The fraction of sp³-hybridized carbons (Fsp3) is 0.222. The summed E-state index contributed by atoms with van der Waals surface area (Å²) in [4.78, 5) is 46.8. The lowest BCUT2D eigenvalue weighted by Gasteiger charge is -2.24. The number of amides is 2. The quantitative estimate of drug-likeness (QED) is 0.113. The molecule has 56 heavy (non-hydrogen) atoms. The highest BCUT2D eigenvalue weighted by Crippen LogP contribution is 2.38. The van der Waals surface area contributed by atoms with Crippen molar-refractivity contribution < 1.29 is 14.4 Å². The van der Waals surface area contributed by atoms with Gasteiger partial charge in [0.15, 0.2) is 5.78 Å². The van der Waals surface area contributed by atoms with Gasteiger partial charge in [0.25, 0.3) is 11.8 Å². The van der Waals surface area contributed by atoms with E-state index in [1.807, 2.05) is 133 Å². The lowest BCUT2D eigenvalue weighted by Crippen LogP contribution is -2.31. The number of fused-ring (bicyclic) bond motifs is 4. The molecule has 0 fully saturated rings. The van der Waals surface area contributed by atoms with Crippen molar-refractivity contribution in [2.24, 2.45) is 0 Å². The summed E-state index contributed by atoms with van der Waals surface area (Å²) in [6.45, 7) is 5.67. The molecule has 2 aliphatic rings. The molecule has 2 aliphatic heterocycles. The molecule has 11 heteroatoms. The molecule has 0 saturated heterocycles. The monoisotopic (exact) mass is 1010 g/mol. The Morgan fingerprint density at radius 1 is 0.571 bits per heavy atom. The zero-order valence-corrected chi connectivity index (χ0v) is 36.6. The lowest BCUT2D eigenvalue weighted by atomic mass is 9.90. The Labute approximate surface area is 363 Å². The SMILES string of the molecule is Cc1cc(C(=O)N2Cc3ccc(C(CCl)C(=O)C(CCl)c4ccc5n4Cc4ccccc4N(C(=O)c4ccc(I)c(C)c4)C5)n3Cc3ccccc32)ccc1I. The largest absolute Gasteiger partial charge is 0.342 e. The van der Waals surface area contributed by atoms with Gasteiger partial charge in [-0.3, -0.25) is 14.4 Å². The molecule has 0 bridgehead atoms. The van der Waals surface area contributed by atoms with Crippen LogP contribution in [-0.2, 0) is 31.0 Å². The van der Waals surface area contributed by atoms with Gasteiger partial charge >= 0.3 is 0 Å². The molecule has 0 spiro atoms. The van der Waals surface area contributed by atoms with Crippen LogP contribution in [0.4, 0.5) is 11.4 Å². The highest BCUT2D eigenvalue weighted by atomic mass is 127. The first kappa shape index (κ1) is 38.9. The second-order valence-electron chi connectivity index (χ2n) is 14.5. The molecule has 8 rings (SSSR count). The average Bonchev–Trinajstić information content (AvgIpc) is 3.67. The molecule has 4 heterocycles. The zero-order chi connectivity index (χ0) is 39.2. The number of carbonyl (C=O) groups is 3. The number of alkyl halides is 2. The van der Waals surface area contributed by atoms with Crippen molar-refractivity contribution in [2.45, 2.75) is 51.9 Å². The third-order valence-corrected chi connectivity index (χ3v) is 14.1. The molecule has 6 aromatic rings. The van der Waals surface area contributed by atoms with Gasteiger partial charge in [0.05, 0.1) is 24.9 Å². The summed E-state index contributed by atoms with van der Waals surface area (Å²) in [5.41, 5.74) is 10.4. The van der Waals surface area contributed by atoms with Gasteiger partial charge in [0.2, 0.25) is 0 Å². The van der Waals surface area contributed by atoms with Crippen LogP contribution < -0.4 is 9.80 Å². The van der Waals surface area contributed by atoms with Crippen LogP contribution in [0.2, 0.25) is 0 Å². The van der Waals surface area contributed by atoms with Gasteiger partial charge in [-0.25, -0.2) is 0 Å². The topological polar surface area (TPSA) is 67.6 Å². The number of hydrogen-bond donors (Lipinski definition) is 0. The van der Waals surface area contributed by atoms with Crippen LogP contribution >= 0.6 is 68.4 Å². The molecule has 2 amide bonds. The van der Waals surface area contributed by atoms with E-state index in [9.17, 15) is 14.4 Å². The summed E-state index contributed by atoms with van der Waals surface area (Å²) < 4.78 is 6.50. The summed E-state index contributed by atoms with van der Waals surface area (Å²) in [7, 11) is 0. The lowest BCUT2D eigenvalue weighted by molar-refractivity contribution is -0.121. The normalized spacial score (nSPS) is 14.5. The number of anilines is 2. The minimum atomic E-state index is -0.658. The molecule has 2 atom stereocenters. The number of Topliss-reactive ketones (excluding diaryl/α,β-unsaturated/α-hetero) is 1. The van der Waals surface area contributed by atoms with Crippen LogP contribution in [0.3, 0.4) is 0 Å². The molecule has 2 unspecified atom stereocenters. The predicted molar refractivity (Wildman–Crippen MR) is 241 cm³/mol. The standard InChI is InChI=1S/C45H38Cl2I2N4O3/c1-27-19-29(11-15-37(27)48)44(55)52-25-33-13-17-41(50(33)23-31-7-3-5-9-39(31)52)35(21-46)43(54)36(22-47)42-18-14-34-26-53(40-10-6-4-8-32(40)24-51(34)42)45(56)30-12-16-38(49)28(2)20-30/h3-20,35-36H,21-26H2,1-2H3. The number of ketones is 1. The molecule has 7 nitrogen and oxygen atoms in total. The molecule has 0 aliphatic carbocycles. The second-order valence-corrected chi connectivity index (χ2v) is 17.4. The maximum absolute atomic E-state index is 14.8. The van der Waals surface area contributed by atoms with Crippen molar-refractivity contribution in [3.8, 4) is 0 Å². The van der Waals surface area contributed by atoms with Crippen molar-refractivity contribution >= 4 is 97.4 Å². The molecular weight excluding hydrogens is 969 g/mol. The van der Waals surface area contributed by atoms with Crippen molar-refractivity contribution in [3.63, 3.8) is 0 Å². The molecule has 0 N–H and O–H groups in total. The fourth-order valence-corrected chi connectivity index (χ4v) is 9.34. The number of halogens is 4. The number of hydrogen-bond acceptors (Lipinski definition) is 3. The third-order valence-electron chi connectivity index (χ3n) is 11.1. The van der Waals surface area contributed by atoms with Gasteiger partial charge < -0.3 is 18.9 Å². The Balaban J connectivity index is 1.12. The van der Waals surface area contributed by atoms with Crippen molar-refractivity contribution in [1.29, 1.82) is 0 Å². The Morgan fingerprint density at radius 2 is 0.982 bits per heavy atom. The first-order valence-corrected chi connectivity index (χ1v) is 21.6. The van der Waals surface area contributed by atoms with E-state index in [4.69, 9.17) is 23.2 Å². The molecule has 4 aromatic carbocycles. The number of aromatic nitrogens is 2. The highest BCUT2D eigenvalue weighted by molar-refractivity contribution is 14.1. The number of benzene rings is 4. The van der Waals surface area contributed by atoms with Gasteiger partial charge in [-0.05, 0) is 154 Å². The van der Waals surface area contributed by atoms with Crippen LogP contribution in [0.1, 0.15) is 77.6 Å². The minimum absolute atomic E-state index is 0.0655. The Morgan fingerprint density at radius 3 is 1.38 bits per heavy atom. The van der Waals surface area contributed by atoms with E-state index < -0.39 is 11.8 Å². The maximum atomic E-state index is 14.8. The third kappa shape index (κ3) is 7.13. The number of rotatable bonds is 8. The van der Waals surface area contributed by atoms with Gasteiger partial charge in [-0.1, -0.05) is 36.4 Å². The number of nitrogens with zero attached hydrogens (tertiary/aromatic N) is 4. The Bertz CT molecular complexity index is 2360. The van der Waals surface area contributed by atoms with Crippen LogP contribution in [0, 0.1) is 21.0 Å². The van der Waals surface area contributed by atoms with Crippen LogP contribution in [0.5, 0.6) is 0 Å². The predicted octanol–water partition coefficient (Wildman–Crippen LogP) is 10.4. The van der Waals surface area contributed by atoms with E-state index in [0.29, 0.717) is 37.3 Å². The van der Waals surface area contributed by atoms with Gasteiger partial charge in [0.1, 0.15) is 0 Å². The van der Waals surface area contributed by atoms with E-state index in [2.05, 4.69) is 54.3 Å². The number of para-hydroxylation sites is 2. The number of aryl methyl sites for hydroxylation is 2.